The normalized spacial score (nSPS) is 12.0. The molecule has 0 atom stereocenters. The molecule has 0 amide bonds. The molecule has 2 aromatic carbocycles. The average Bonchev–Trinajstić information content (AvgIpc) is 2.47. The molecule has 2 aromatic rings. The fourth-order valence-electron chi connectivity index (χ4n) is 2.01. The van der Waals surface area contributed by atoms with Crippen LogP contribution in [-0.4, -0.2) is 11.6 Å². The van der Waals surface area contributed by atoms with Crippen LogP contribution in [0.1, 0.15) is 36.7 Å². The van der Waals surface area contributed by atoms with Crippen LogP contribution in [0.5, 0.6) is 11.5 Å². The minimum atomic E-state index is -4.66. The van der Waals surface area contributed by atoms with E-state index < -0.39 is 51.3 Å². The average molecular weight is 409 g/mol. The van der Waals surface area contributed by atoms with Gasteiger partial charge in [0.2, 0.25) is 0 Å². The van der Waals surface area contributed by atoms with Gasteiger partial charge in [-0.05, 0) is 39.0 Å². The van der Waals surface area contributed by atoms with Crippen molar-refractivity contribution in [3.8, 4) is 11.5 Å². The van der Waals surface area contributed by atoms with E-state index in [4.69, 9.17) is 21.1 Å². The molecule has 0 N–H and O–H groups in total. The van der Waals surface area contributed by atoms with Gasteiger partial charge in [0.05, 0.1) is 16.1 Å². The zero-order valence-electron chi connectivity index (χ0n) is 14.4. The number of carbonyl (C=O) groups is 1. The molecule has 3 nitrogen and oxygen atoms in total. The largest absolute Gasteiger partial charge is 0.456 e. The van der Waals surface area contributed by atoms with E-state index in [0.29, 0.717) is 18.2 Å². The Hall–Kier alpha value is -2.35. The van der Waals surface area contributed by atoms with Crippen LogP contribution in [0.25, 0.3) is 0 Å². The summed E-state index contributed by atoms with van der Waals surface area (Å²) in [6, 6.07) is 3.57. The van der Waals surface area contributed by atoms with Crippen molar-refractivity contribution in [3.05, 3.63) is 58.1 Å². The monoisotopic (exact) mass is 408 g/mol. The van der Waals surface area contributed by atoms with Gasteiger partial charge in [0.1, 0.15) is 17.2 Å². The zero-order chi connectivity index (χ0) is 20.6. The van der Waals surface area contributed by atoms with Gasteiger partial charge in [0.15, 0.2) is 11.6 Å². The molecule has 2 rings (SSSR count). The lowest BCUT2D eigenvalue weighted by Crippen LogP contribution is -2.24. The molecule has 0 aliphatic carbocycles. The Bertz CT molecular complexity index is 873. The second kappa shape index (κ2) is 7.34. The molecule has 0 spiro atoms. The molecule has 0 fully saturated rings. The van der Waals surface area contributed by atoms with Gasteiger partial charge in [0.25, 0.3) is 0 Å². The first-order valence-electron chi connectivity index (χ1n) is 7.55. The van der Waals surface area contributed by atoms with Crippen LogP contribution in [0.3, 0.4) is 0 Å². The summed E-state index contributed by atoms with van der Waals surface area (Å²) in [7, 11) is 0. The minimum Gasteiger partial charge on any atom is -0.456 e. The van der Waals surface area contributed by atoms with E-state index in [1.165, 1.54) is 0 Å². The highest BCUT2D eigenvalue weighted by atomic mass is 35.5. The Morgan fingerprint density at radius 3 is 2.15 bits per heavy atom. The Balaban J connectivity index is 2.30. The van der Waals surface area contributed by atoms with Crippen LogP contribution in [-0.2, 0) is 10.9 Å². The minimum absolute atomic E-state index is 0.240. The summed E-state index contributed by atoms with van der Waals surface area (Å²) in [5, 5.41) is -0.661. The lowest BCUT2D eigenvalue weighted by Gasteiger charge is -2.20. The third kappa shape index (κ3) is 5.32. The van der Waals surface area contributed by atoms with E-state index in [1.54, 1.807) is 20.8 Å². The van der Waals surface area contributed by atoms with Gasteiger partial charge < -0.3 is 9.47 Å². The number of hydrogen-bond acceptors (Lipinski definition) is 3. The fourth-order valence-corrected chi connectivity index (χ4v) is 2.29. The van der Waals surface area contributed by atoms with E-state index in [2.05, 4.69) is 0 Å². The summed E-state index contributed by atoms with van der Waals surface area (Å²) in [6.45, 7) is 4.68. The Kier molecular flexibility index (Phi) is 5.70. The van der Waals surface area contributed by atoms with Gasteiger partial charge in [-0.25, -0.2) is 13.6 Å². The fraction of sp³-hybridized carbons (Fsp3) is 0.278. The van der Waals surface area contributed by atoms with Crippen molar-refractivity contribution in [3.63, 3.8) is 0 Å². The van der Waals surface area contributed by atoms with E-state index >= 15 is 0 Å². The molecule has 0 bridgehead atoms. The lowest BCUT2D eigenvalue weighted by molar-refractivity contribution is -0.137. The molecule has 9 heteroatoms. The first kappa shape index (κ1) is 21.0. The molecule has 0 heterocycles. The number of carbonyl (C=O) groups excluding carboxylic acids is 1. The second-order valence-electron chi connectivity index (χ2n) is 6.51. The summed E-state index contributed by atoms with van der Waals surface area (Å²) in [5.41, 5.74) is -2.64. The number of alkyl halides is 3. The van der Waals surface area contributed by atoms with Crippen molar-refractivity contribution in [1.29, 1.82) is 0 Å². The smallest absolute Gasteiger partial charge is 0.417 e. The van der Waals surface area contributed by atoms with Crippen molar-refractivity contribution in [2.45, 2.75) is 32.5 Å². The van der Waals surface area contributed by atoms with Gasteiger partial charge in [-0.3, -0.25) is 0 Å². The van der Waals surface area contributed by atoms with Crippen molar-refractivity contribution in [2.75, 3.05) is 0 Å². The van der Waals surface area contributed by atoms with Gasteiger partial charge >= 0.3 is 12.1 Å². The van der Waals surface area contributed by atoms with Gasteiger partial charge in [-0.2, -0.15) is 13.2 Å². The maximum atomic E-state index is 14.2. The molecule has 0 saturated carbocycles. The van der Waals surface area contributed by atoms with Crippen molar-refractivity contribution in [2.24, 2.45) is 0 Å². The van der Waals surface area contributed by atoms with E-state index in [0.717, 1.165) is 12.1 Å². The maximum absolute atomic E-state index is 14.2. The van der Waals surface area contributed by atoms with Crippen LogP contribution >= 0.6 is 11.6 Å². The molecular weight excluding hydrogens is 395 g/mol. The topological polar surface area (TPSA) is 35.5 Å². The third-order valence-corrected chi connectivity index (χ3v) is 3.43. The first-order chi connectivity index (χ1) is 12.3. The number of rotatable bonds is 3. The molecule has 146 valence electrons. The summed E-state index contributed by atoms with van der Waals surface area (Å²) >= 11 is 5.55. The van der Waals surface area contributed by atoms with Crippen molar-refractivity contribution < 1.29 is 36.2 Å². The zero-order valence-corrected chi connectivity index (χ0v) is 15.1. The highest BCUT2D eigenvalue weighted by Crippen LogP contribution is 2.37. The van der Waals surface area contributed by atoms with E-state index in [9.17, 15) is 26.7 Å². The summed E-state index contributed by atoms with van der Waals surface area (Å²) in [6.07, 6.45) is -4.66. The van der Waals surface area contributed by atoms with Gasteiger partial charge in [-0.1, -0.05) is 11.6 Å². The van der Waals surface area contributed by atoms with Crippen LogP contribution in [0.2, 0.25) is 5.02 Å². The molecule has 27 heavy (non-hydrogen) atoms. The van der Waals surface area contributed by atoms with Gasteiger partial charge in [-0.15, -0.1) is 0 Å². The third-order valence-electron chi connectivity index (χ3n) is 3.11. The van der Waals surface area contributed by atoms with Crippen LogP contribution in [0.4, 0.5) is 22.0 Å². The van der Waals surface area contributed by atoms with Crippen LogP contribution in [0, 0.1) is 11.6 Å². The highest BCUT2D eigenvalue weighted by molar-refractivity contribution is 6.31. The molecule has 0 aliphatic rings. The lowest BCUT2D eigenvalue weighted by atomic mass is 10.1. The Morgan fingerprint density at radius 1 is 1.00 bits per heavy atom. The van der Waals surface area contributed by atoms with Crippen molar-refractivity contribution >= 4 is 17.6 Å². The first-order valence-corrected chi connectivity index (χ1v) is 7.93. The number of ether oxygens (including phenoxy) is 2. The molecule has 0 unspecified atom stereocenters. The predicted molar refractivity (Wildman–Crippen MR) is 88.1 cm³/mol. The maximum Gasteiger partial charge on any atom is 0.417 e. The summed E-state index contributed by atoms with van der Waals surface area (Å²) < 4.78 is 76.4. The molecule has 0 aromatic heterocycles. The standard InChI is InChI=1S/C18H14ClF5O3/c1-17(2,3)27-16(25)10-7-14(21)15(8-13(10)20)26-9-4-5-11(12(19)6-9)18(22,23)24/h4-8H,1-3H3. The Morgan fingerprint density at radius 2 is 1.63 bits per heavy atom. The number of hydrogen-bond donors (Lipinski definition) is 0. The molecule has 0 aliphatic heterocycles. The predicted octanol–water partition coefficient (Wildman–Crippen LogP) is 6.38. The van der Waals surface area contributed by atoms with Gasteiger partial charge in [0, 0.05) is 12.1 Å². The summed E-state index contributed by atoms with van der Waals surface area (Å²) in [5.74, 6) is -4.15. The molecule has 0 saturated heterocycles. The number of halogens is 6. The molecule has 0 radical (unpaired) electrons. The number of benzene rings is 2. The Labute approximate surface area is 156 Å². The highest BCUT2D eigenvalue weighted by Gasteiger charge is 2.33. The SMILES string of the molecule is CC(C)(C)OC(=O)c1cc(F)c(Oc2ccc(C(F)(F)F)c(Cl)c2)cc1F. The van der Waals surface area contributed by atoms with E-state index in [1.807, 2.05) is 0 Å². The summed E-state index contributed by atoms with van der Waals surface area (Å²) in [4.78, 5) is 11.9. The molecular formula is C18H14ClF5O3. The number of esters is 1. The van der Waals surface area contributed by atoms with Crippen LogP contribution in [0.15, 0.2) is 30.3 Å². The van der Waals surface area contributed by atoms with Crippen molar-refractivity contribution in [1.82, 2.24) is 0 Å². The quantitative estimate of drug-likeness (QED) is 0.436. The van der Waals surface area contributed by atoms with E-state index in [-0.39, 0.29) is 5.75 Å². The van der Waals surface area contributed by atoms with Crippen LogP contribution < -0.4 is 4.74 Å². The second-order valence-corrected chi connectivity index (χ2v) is 6.91.